The van der Waals surface area contributed by atoms with Crippen molar-refractivity contribution in [1.82, 2.24) is 19.2 Å². The van der Waals surface area contributed by atoms with Gasteiger partial charge in [0.05, 0.1) is 24.1 Å². The fourth-order valence-corrected chi connectivity index (χ4v) is 4.45. The van der Waals surface area contributed by atoms with Crippen LogP contribution in [0.1, 0.15) is 16.1 Å². The lowest BCUT2D eigenvalue weighted by molar-refractivity contribution is 0.0622. The molecule has 1 saturated heterocycles. The molecule has 0 radical (unpaired) electrons. The van der Waals surface area contributed by atoms with Gasteiger partial charge in [-0.2, -0.15) is 0 Å². The quantitative estimate of drug-likeness (QED) is 0.415. The van der Waals surface area contributed by atoms with Crippen LogP contribution in [-0.2, 0) is 6.54 Å². The third kappa shape index (κ3) is 4.36. The summed E-state index contributed by atoms with van der Waals surface area (Å²) in [5, 5.41) is 0.683. The first-order valence-electron chi connectivity index (χ1n) is 11.1. The number of carbonyl (C=O) groups is 1. The number of amides is 1. The maximum Gasteiger partial charge on any atom is 0.257 e. The number of ether oxygens (including phenoxy) is 1. The van der Waals surface area contributed by atoms with E-state index in [1.807, 2.05) is 48.7 Å². The van der Waals surface area contributed by atoms with Crippen molar-refractivity contribution in [2.45, 2.75) is 6.54 Å². The highest BCUT2D eigenvalue weighted by Crippen LogP contribution is 2.27. The van der Waals surface area contributed by atoms with Crippen molar-refractivity contribution in [3.8, 4) is 17.0 Å². The Kier molecular flexibility index (Phi) is 6.22. The molecule has 2 aromatic heterocycles. The molecule has 8 heteroatoms. The Morgan fingerprint density at radius 3 is 2.56 bits per heavy atom. The van der Waals surface area contributed by atoms with Crippen molar-refractivity contribution in [3.63, 3.8) is 0 Å². The largest absolute Gasteiger partial charge is 0.497 e. The molecule has 0 saturated carbocycles. The fourth-order valence-electron chi connectivity index (χ4n) is 4.32. The van der Waals surface area contributed by atoms with Crippen LogP contribution in [0.4, 0.5) is 4.39 Å². The Balaban J connectivity index is 1.34. The van der Waals surface area contributed by atoms with Crippen molar-refractivity contribution in [2.75, 3.05) is 33.3 Å². The van der Waals surface area contributed by atoms with E-state index in [1.165, 1.54) is 25.3 Å². The number of rotatable bonds is 5. The van der Waals surface area contributed by atoms with Crippen molar-refractivity contribution in [1.29, 1.82) is 0 Å². The highest BCUT2D eigenvalue weighted by atomic mass is 35.5. The van der Waals surface area contributed by atoms with E-state index >= 15 is 0 Å². The Labute approximate surface area is 202 Å². The normalized spacial score (nSPS) is 14.5. The molecule has 1 aliphatic rings. The summed E-state index contributed by atoms with van der Waals surface area (Å²) in [5.74, 6) is -0.384. The average molecular weight is 479 g/mol. The highest BCUT2D eigenvalue weighted by molar-refractivity contribution is 6.30. The molecular weight excluding hydrogens is 455 g/mol. The van der Waals surface area contributed by atoms with Gasteiger partial charge in [0.25, 0.3) is 5.91 Å². The number of fused-ring (bicyclic) bond motifs is 1. The number of halogens is 2. The van der Waals surface area contributed by atoms with Crippen LogP contribution < -0.4 is 4.74 Å². The standard InChI is InChI=1S/C26H24ClFN4O2/c1-34-20-9-10-22(28)21(16-20)26(33)31-14-12-30(13-15-31)17-23-25(18-5-7-19(27)8-6-18)29-24-4-2-3-11-32(23)24/h2-11,16H,12-15,17H2,1H3. The van der Waals surface area contributed by atoms with E-state index in [1.54, 1.807) is 4.90 Å². The van der Waals surface area contributed by atoms with E-state index < -0.39 is 5.82 Å². The second kappa shape index (κ2) is 9.44. The molecule has 4 aromatic rings. The molecule has 0 spiro atoms. The predicted octanol–water partition coefficient (Wildman–Crippen LogP) is 4.76. The number of methoxy groups -OCH3 is 1. The van der Waals surface area contributed by atoms with Crippen molar-refractivity contribution in [3.05, 3.63) is 89.0 Å². The summed E-state index contributed by atoms with van der Waals surface area (Å²) in [6.45, 7) is 3.07. The number of carbonyl (C=O) groups excluding carboxylic acids is 1. The smallest absolute Gasteiger partial charge is 0.257 e. The van der Waals surface area contributed by atoms with Crippen LogP contribution in [0.5, 0.6) is 5.75 Å². The van der Waals surface area contributed by atoms with Crippen LogP contribution in [0.3, 0.4) is 0 Å². The van der Waals surface area contributed by atoms with E-state index in [-0.39, 0.29) is 11.5 Å². The average Bonchev–Trinajstić information content (AvgIpc) is 3.23. The molecule has 0 bridgehead atoms. The summed E-state index contributed by atoms with van der Waals surface area (Å²) in [6, 6.07) is 17.9. The van der Waals surface area contributed by atoms with Crippen molar-refractivity contribution in [2.24, 2.45) is 0 Å². The van der Waals surface area contributed by atoms with Gasteiger partial charge < -0.3 is 14.0 Å². The summed E-state index contributed by atoms with van der Waals surface area (Å²) >= 11 is 6.09. The maximum absolute atomic E-state index is 14.3. The highest BCUT2D eigenvalue weighted by Gasteiger charge is 2.26. The molecule has 0 aliphatic carbocycles. The minimum absolute atomic E-state index is 0.0413. The Bertz CT molecular complexity index is 1330. The van der Waals surface area contributed by atoms with E-state index in [0.29, 0.717) is 43.5 Å². The molecular formula is C26H24ClFN4O2. The summed E-state index contributed by atoms with van der Waals surface area (Å²) in [6.07, 6.45) is 2.02. The number of benzene rings is 2. The zero-order valence-electron chi connectivity index (χ0n) is 18.7. The molecule has 174 valence electrons. The van der Waals surface area contributed by atoms with Crippen LogP contribution in [0.2, 0.25) is 5.02 Å². The molecule has 0 N–H and O–H groups in total. The van der Waals surface area contributed by atoms with Gasteiger partial charge in [-0.1, -0.05) is 29.8 Å². The van der Waals surface area contributed by atoms with Gasteiger partial charge in [-0.15, -0.1) is 0 Å². The summed E-state index contributed by atoms with van der Waals surface area (Å²) in [5.41, 5.74) is 3.92. The molecule has 0 atom stereocenters. The lowest BCUT2D eigenvalue weighted by atomic mass is 10.1. The van der Waals surface area contributed by atoms with Crippen LogP contribution in [0, 0.1) is 5.82 Å². The molecule has 3 heterocycles. The van der Waals surface area contributed by atoms with Gasteiger partial charge in [0.1, 0.15) is 17.2 Å². The van der Waals surface area contributed by atoms with Crippen LogP contribution >= 0.6 is 11.6 Å². The van der Waals surface area contributed by atoms with Crippen LogP contribution in [0.25, 0.3) is 16.9 Å². The molecule has 6 nitrogen and oxygen atoms in total. The third-order valence-electron chi connectivity index (χ3n) is 6.18. The van der Waals surface area contributed by atoms with Gasteiger partial charge in [-0.3, -0.25) is 9.69 Å². The molecule has 1 amide bonds. The lowest BCUT2D eigenvalue weighted by Gasteiger charge is -2.34. The molecule has 1 fully saturated rings. The summed E-state index contributed by atoms with van der Waals surface area (Å²) in [7, 11) is 1.50. The van der Waals surface area contributed by atoms with Crippen molar-refractivity contribution >= 4 is 23.2 Å². The van der Waals surface area contributed by atoms with E-state index in [2.05, 4.69) is 9.30 Å². The molecule has 2 aromatic carbocycles. The van der Waals surface area contributed by atoms with E-state index in [0.717, 1.165) is 22.6 Å². The molecule has 0 unspecified atom stereocenters. The Morgan fingerprint density at radius 1 is 1.06 bits per heavy atom. The van der Waals surface area contributed by atoms with Gasteiger partial charge in [0.15, 0.2) is 0 Å². The number of piperazine rings is 1. The number of aromatic nitrogens is 2. The zero-order chi connectivity index (χ0) is 23.7. The zero-order valence-corrected chi connectivity index (χ0v) is 19.5. The minimum Gasteiger partial charge on any atom is -0.497 e. The van der Waals surface area contributed by atoms with Gasteiger partial charge in [-0.05, 0) is 42.5 Å². The van der Waals surface area contributed by atoms with E-state index in [4.69, 9.17) is 21.3 Å². The monoisotopic (exact) mass is 478 g/mol. The number of imidazole rings is 1. The number of pyridine rings is 1. The number of hydrogen-bond acceptors (Lipinski definition) is 4. The van der Waals surface area contributed by atoms with Crippen LogP contribution in [-0.4, -0.2) is 58.4 Å². The van der Waals surface area contributed by atoms with Crippen LogP contribution in [0.15, 0.2) is 66.9 Å². The third-order valence-corrected chi connectivity index (χ3v) is 6.44. The molecule has 34 heavy (non-hydrogen) atoms. The minimum atomic E-state index is -0.536. The fraction of sp³-hybridized carbons (Fsp3) is 0.231. The first-order valence-corrected chi connectivity index (χ1v) is 11.5. The maximum atomic E-state index is 14.3. The first kappa shape index (κ1) is 22.4. The SMILES string of the molecule is COc1ccc(F)c(C(=O)N2CCN(Cc3c(-c4ccc(Cl)cc4)nc4ccccn34)CC2)c1. The Hall–Kier alpha value is -3.42. The number of hydrogen-bond donors (Lipinski definition) is 0. The summed E-state index contributed by atoms with van der Waals surface area (Å²) < 4.78 is 21.5. The first-order chi connectivity index (χ1) is 16.5. The van der Waals surface area contributed by atoms with Crippen molar-refractivity contribution < 1.29 is 13.9 Å². The number of nitrogens with zero attached hydrogens (tertiary/aromatic N) is 4. The molecule has 5 rings (SSSR count). The topological polar surface area (TPSA) is 50.1 Å². The second-order valence-corrected chi connectivity index (χ2v) is 8.69. The van der Waals surface area contributed by atoms with Gasteiger partial charge in [0.2, 0.25) is 0 Å². The van der Waals surface area contributed by atoms with Gasteiger partial charge in [-0.25, -0.2) is 9.37 Å². The second-order valence-electron chi connectivity index (χ2n) is 8.26. The van der Waals surface area contributed by atoms with Gasteiger partial charge >= 0.3 is 0 Å². The Morgan fingerprint density at radius 2 is 1.82 bits per heavy atom. The van der Waals surface area contributed by atoms with E-state index in [9.17, 15) is 9.18 Å². The molecule has 1 aliphatic heterocycles. The van der Waals surface area contributed by atoms with Gasteiger partial charge in [0, 0.05) is 49.5 Å². The lowest BCUT2D eigenvalue weighted by Crippen LogP contribution is -2.48. The summed E-state index contributed by atoms with van der Waals surface area (Å²) in [4.78, 5) is 21.8. The predicted molar refractivity (Wildman–Crippen MR) is 130 cm³/mol.